The van der Waals surface area contributed by atoms with Crippen molar-refractivity contribution in [1.29, 1.82) is 0 Å². The molecule has 1 aliphatic rings. The van der Waals surface area contributed by atoms with Crippen molar-refractivity contribution in [2.75, 3.05) is 25.0 Å². The van der Waals surface area contributed by atoms with Gasteiger partial charge in [-0.15, -0.1) is 0 Å². The van der Waals surface area contributed by atoms with Crippen LogP contribution in [-0.4, -0.2) is 36.5 Å². The highest BCUT2D eigenvalue weighted by Crippen LogP contribution is 2.23. The molecule has 1 N–H and O–H groups in total. The number of benzene rings is 2. The van der Waals surface area contributed by atoms with E-state index in [1.807, 2.05) is 56.3 Å². The van der Waals surface area contributed by atoms with Crippen LogP contribution in [0.15, 0.2) is 54.6 Å². The van der Waals surface area contributed by atoms with Gasteiger partial charge in [0.05, 0.1) is 18.8 Å². The molecule has 0 spiro atoms. The number of aryl methyl sites for hydroxylation is 1. The van der Waals surface area contributed by atoms with E-state index < -0.39 is 0 Å². The highest BCUT2D eigenvalue weighted by Gasteiger charge is 2.28. The Morgan fingerprint density at radius 2 is 1.88 bits per heavy atom. The molecule has 2 unspecified atom stereocenters. The zero-order valence-corrected chi connectivity index (χ0v) is 14.2. The van der Waals surface area contributed by atoms with Crippen LogP contribution in [0, 0.1) is 6.92 Å². The normalized spacial score (nSPS) is 19.7. The summed E-state index contributed by atoms with van der Waals surface area (Å²) in [6, 6.07) is 17.8. The van der Waals surface area contributed by atoms with Gasteiger partial charge in [0.25, 0.3) is 0 Å². The molecule has 2 aromatic rings. The van der Waals surface area contributed by atoms with Gasteiger partial charge in [-0.05, 0) is 31.0 Å². The van der Waals surface area contributed by atoms with Crippen molar-refractivity contribution in [2.24, 2.45) is 0 Å². The van der Waals surface area contributed by atoms with E-state index in [2.05, 4.69) is 22.3 Å². The first-order valence-electron chi connectivity index (χ1n) is 8.42. The maximum absolute atomic E-state index is 12.6. The fraction of sp³-hybridized carbons (Fsp3) is 0.350. The molecular formula is C20H24N2O2. The van der Waals surface area contributed by atoms with Crippen LogP contribution in [0.25, 0.3) is 0 Å². The average molecular weight is 324 g/mol. The van der Waals surface area contributed by atoms with Crippen LogP contribution in [0.1, 0.15) is 24.2 Å². The largest absolute Gasteiger partial charge is 0.371 e. The molecule has 2 aromatic carbocycles. The quantitative estimate of drug-likeness (QED) is 0.937. The number of hydrogen-bond acceptors (Lipinski definition) is 3. The maximum Gasteiger partial charge on any atom is 0.241 e. The van der Waals surface area contributed by atoms with Crippen molar-refractivity contribution in [2.45, 2.75) is 26.0 Å². The van der Waals surface area contributed by atoms with E-state index in [1.165, 1.54) is 0 Å². The molecule has 126 valence electrons. The number of anilines is 1. The minimum absolute atomic E-state index is 0.0219. The summed E-state index contributed by atoms with van der Waals surface area (Å²) in [5.74, 6) is 0.0259. The molecule has 1 aliphatic heterocycles. The van der Waals surface area contributed by atoms with E-state index >= 15 is 0 Å². The van der Waals surface area contributed by atoms with Gasteiger partial charge < -0.3 is 10.1 Å². The van der Waals surface area contributed by atoms with Crippen LogP contribution in [0.2, 0.25) is 0 Å². The summed E-state index contributed by atoms with van der Waals surface area (Å²) in [6.07, 6.45) is 0.0219. The molecule has 0 aromatic heterocycles. The molecule has 3 rings (SSSR count). The van der Waals surface area contributed by atoms with Crippen LogP contribution < -0.4 is 5.32 Å². The number of rotatable bonds is 4. The number of nitrogens with one attached hydrogen (secondary N) is 1. The summed E-state index contributed by atoms with van der Waals surface area (Å²) in [5.41, 5.74) is 3.11. The number of morpholine rings is 1. The number of hydrogen-bond donors (Lipinski definition) is 1. The Bertz CT molecular complexity index is 687. The average Bonchev–Trinajstić information content (AvgIpc) is 2.64. The predicted molar refractivity (Wildman–Crippen MR) is 96.0 cm³/mol. The Kier molecular flexibility index (Phi) is 5.28. The molecule has 1 heterocycles. The number of nitrogens with zero attached hydrogens (tertiary/aromatic N) is 1. The van der Waals surface area contributed by atoms with Gasteiger partial charge >= 0.3 is 0 Å². The van der Waals surface area contributed by atoms with Crippen molar-refractivity contribution < 1.29 is 9.53 Å². The van der Waals surface area contributed by atoms with Crippen LogP contribution in [0.3, 0.4) is 0 Å². The fourth-order valence-electron chi connectivity index (χ4n) is 3.01. The zero-order chi connectivity index (χ0) is 16.9. The minimum atomic E-state index is -0.195. The van der Waals surface area contributed by atoms with Crippen LogP contribution >= 0.6 is 0 Å². The second-order valence-electron chi connectivity index (χ2n) is 6.25. The lowest BCUT2D eigenvalue weighted by atomic mass is 10.1. The molecule has 1 amide bonds. The van der Waals surface area contributed by atoms with Crippen molar-refractivity contribution in [3.8, 4) is 0 Å². The molecule has 0 radical (unpaired) electrons. The van der Waals surface area contributed by atoms with Crippen molar-refractivity contribution in [3.05, 3.63) is 65.7 Å². The molecule has 0 bridgehead atoms. The summed E-state index contributed by atoms with van der Waals surface area (Å²) in [5, 5.41) is 3.04. The molecule has 1 fully saturated rings. The van der Waals surface area contributed by atoms with E-state index in [1.54, 1.807) is 0 Å². The Balaban J connectivity index is 1.65. The van der Waals surface area contributed by atoms with Crippen molar-refractivity contribution >= 4 is 11.6 Å². The fourth-order valence-corrected chi connectivity index (χ4v) is 3.01. The van der Waals surface area contributed by atoms with E-state index in [0.717, 1.165) is 29.9 Å². The van der Waals surface area contributed by atoms with Gasteiger partial charge in [0.2, 0.25) is 5.91 Å². The molecule has 4 heteroatoms. The Labute approximate surface area is 143 Å². The maximum atomic E-state index is 12.6. The van der Waals surface area contributed by atoms with E-state index in [0.29, 0.717) is 6.61 Å². The third-order valence-electron chi connectivity index (χ3n) is 4.60. The lowest BCUT2D eigenvalue weighted by Gasteiger charge is -2.36. The number of ether oxygens (including phenoxy) is 1. The van der Waals surface area contributed by atoms with Crippen LogP contribution in [0.4, 0.5) is 5.69 Å². The summed E-state index contributed by atoms with van der Waals surface area (Å²) in [6.45, 7) is 6.10. The highest BCUT2D eigenvalue weighted by molar-refractivity contribution is 5.95. The SMILES string of the molecule is Cc1ccccc1NC(=O)C(C)N1CCOC(c2ccccc2)C1. The van der Waals surface area contributed by atoms with Gasteiger partial charge in [-0.25, -0.2) is 0 Å². The van der Waals surface area contributed by atoms with Crippen molar-refractivity contribution in [1.82, 2.24) is 4.90 Å². The lowest BCUT2D eigenvalue weighted by Crippen LogP contribution is -2.48. The first-order valence-corrected chi connectivity index (χ1v) is 8.42. The smallest absolute Gasteiger partial charge is 0.241 e. The van der Waals surface area contributed by atoms with E-state index in [-0.39, 0.29) is 18.1 Å². The Hall–Kier alpha value is -2.17. The highest BCUT2D eigenvalue weighted by atomic mass is 16.5. The van der Waals surface area contributed by atoms with Crippen LogP contribution in [0.5, 0.6) is 0 Å². The topological polar surface area (TPSA) is 41.6 Å². The standard InChI is InChI=1S/C20H24N2O2/c1-15-8-6-7-11-18(15)21-20(23)16(2)22-12-13-24-19(14-22)17-9-4-3-5-10-17/h3-11,16,19H,12-14H2,1-2H3,(H,21,23). The monoisotopic (exact) mass is 324 g/mol. The number of para-hydroxylation sites is 1. The number of carbonyl (C=O) groups excluding carboxylic acids is 1. The summed E-state index contributed by atoms with van der Waals surface area (Å²) >= 11 is 0. The Morgan fingerprint density at radius 3 is 2.62 bits per heavy atom. The third kappa shape index (κ3) is 3.83. The Morgan fingerprint density at radius 1 is 1.17 bits per heavy atom. The minimum Gasteiger partial charge on any atom is -0.371 e. The second kappa shape index (κ2) is 7.60. The van der Waals surface area contributed by atoms with E-state index in [4.69, 9.17) is 4.74 Å². The van der Waals surface area contributed by atoms with Gasteiger partial charge in [0.1, 0.15) is 0 Å². The van der Waals surface area contributed by atoms with Crippen LogP contribution in [-0.2, 0) is 9.53 Å². The van der Waals surface area contributed by atoms with Gasteiger partial charge in [0, 0.05) is 18.8 Å². The molecule has 1 saturated heterocycles. The van der Waals surface area contributed by atoms with Gasteiger partial charge in [-0.3, -0.25) is 9.69 Å². The third-order valence-corrected chi connectivity index (χ3v) is 4.60. The molecule has 2 atom stereocenters. The molecule has 0 saturated carbocycles. The molecular weight excluding hydrogens is 300 g/mol. The summed E-state index contributed by atoms with van der Waals surface area (Å²) in [4.78, 5) is 14.8. The summed E-state index contributed by atoms with van der Waals surface area (Å²) in [7, 11) is 0. The second-order valence-corrected chi connectivity index (χ2v) is 6.25. The first-order chi connectivity index (χ1) is 11.6. The van der Waals surface area contributed by atoms with Crippen molar-refractivity contribution in [3.63, 3.8) is 0 Å². The van der Waals surface area contributed by atoms with Gasteiger partial charge in [-0.1, -0.05) is 48.5 Å². The predicted octanol–water partition coefficient (Wildman–Crippen LogP) is 3.40. The summed E-state index contributed by atoms with van der Waals surface area (Å²) < 4.78 is 5.89. The number of amides is 1. The lowest BCUT2D eigenvalue weighted by molar-refractivity contribution is -0.124. The van der Waals surface area contributed by atoms with Gasteiger partial charge in [0.15, 0.2) is 0 Å². The molecule has 4 nitrogen and oxygen atoms in total. The molecule has 0 aliphatic carbocycles. The van der Waals surface area contributed by atoms with E-state index in [9.17, 15) is 4.79 Å². The zero-order valence-electron chi connectivity index (χ0n) is 14.2. The number of carbonyl (C=O) groups is 1. The first kappa shape index (κ1) is 16.7. The van der Waals surface area contributed by atoms with Gasteiger partial charge in [-0.2, -0.15) is 0 Å². The molecule has 24 heavy (non-hydrogen) atoms.